The molecule has 0 saturated heterocycles. The van der Waals surface area contributed by atoms with Gasteiger partial charge in [0.2, 0.25) is 0 Å². The summed E-state index contributed by atoms with van der Waals surface area (Å²) >= 11 is 0. The third-order valence-electron chi connectivity index (χ3n) is 1.46. The van der Waals surface area contributed by atoms with Gasteiger partial charge >= 0.3 is 5.97 Å². The zero-order valence-electron chi connectivity index (χ0n) is 6.40. The van der Waals surface area contributed by atoms with Crippen LogP contribution >= 0.6 is 0 Å². The quantitative estimate of drug-likeness (QED) is 0.581. The van der Waals surface area contributed by atoms with Crippen LogP contribution in [0.2, 0.25) is 0 Å². The van der Waals surface area contributed by atoms with Gasteiger partial charge in [0.05, 0.1) is 5.57 Å². The number of carboxylic acids is 1. The number of aliphatic carboxylic acids is 1. The van der Waals surface area contributed by atoms with Gasteiger partial charge in [-0.3, -0.25) is 0 Å². The molecule has 1 N–H and O–H groups in total. The predicted octanol–water partition coefficient (Wildman–Crippen LogP) is 1.18. The van der Waals surface area contributed by atoms with Crippen molar-refractivity contribution in [2.75, 3.05) is 0 Å². The van der Waals surface area contributed by atoms with E-state index in [2.05, 4.69) is 0 Å². The molecule has 1 aliphatic rings. The summed E-state index contributed by atoms with van der Waals surface area (Å²) in [6.45, 7) is 0. The molecule has 0 aliphatic heterocycles. The van der Waals surface area contributed by atoms with Crippen LogP contribution in [0.5, 0.6) is 0 Å². The molecule has 0 fully saturated rings. The number of hydrogen-bond donors (Lipinski definition) is 1. The predicted molar refractivity (Wildman–Crippen MR) is 47.8 cm³/mol. The average Bonchev–Trinajstić information content (AvgIpc) is 2.28. The maximum atomic E-state index is 10.5. The Balaban J connectivity index is 2.93. The monoisotopic (exact) mass is 158 g/mol. The second kappa shape index (κ2) is 3.76. The van der Waals surface area contributed by atoms with E-state index in [4.69, 9.17) is 13.0 Å². The highest BCUT2D eigenvalue weighted by Crippen LogP contribution is 2.08. The fourth-order valence-corrected chi connectivity index (χ4v) is 0.814. The topological polar surface area (TPSA) is 37.3 Å². The van der Waals surface area contributed by atoms with Crippen LogP contribution < -0.4 is 0 Å². The minimum atomic E-state index is -0.936. The zero-order chi connectivity index (χ0) is 8.97. The van der Waals surface area contributed by atoms with Crippen LogP contribution in [0.1, 0.15) is 0 Å². The van der Waals surface area contributed by atoms with Gasteiger partial charge in [-0.05, 0) is 17.7 Å². The first kappa shape index (κ1) is 8.59. The van der Waals surface area contributed by atoms with Crippen molar-refractivity contribution in [3.05, 3.63) is 47.5 Å². The molecule has 0 atom stereocenters. The molecule has 3 heteroatoms. The zero-order valence-corrected chi connectivity index (χ0v) is 6.40. The highest BCUT2D eigenvalue weighted by molar-refractivity contribution is 6.17. The van der Waals surface area contributed by atoms with Crippen molar-refractivity contribution in [1.29, 1.82) is 0 Å². The van der Waals surface area contributed by atoms with E-state index in [0.717, 1.165) is 5.57 Å². The van der Waals surface area contributed by atoms with E-state index < -0.39 is 5.97 Å². The molecular weight excluding hydrogens is 151 g/mol. The Hall–Kier alpha value is -1.51. The lowest BCUT2D eigenvalue weighted by Gasteiger charge is -1.89. The fourth-order valence-electron chi connectivity index (χ4n) is 0.814. The smallest absolute Gasteiger partial charge is 0.335 e. The second-order valence-corrected chi connectivity index (χ2v) is 2.29. The highest BCUT2D eigenvalue weighted by Gasteiger charge is 2.02. The molecule has 0 amide bonds. The lowest BCUT2D eigenvalue weighted by atomic mass is 10.0. The normalized spacial score (nSPS) is 19.0. The van der Waals surface area contributed by atoms with Crippen molar-refractivity contribution in [2.45, 2.75) is 0 Å². The first-order valence-electron chi connectivity index (χ1n) is 3.45. The van der Waals surface area contributed by atoms with Crippen LogP contribution in [0.3, 0.4) is 0 Å². The Morgan fingerprint density at radius 2 is 2.17 bits per heavy atom. The van der Waals surface area contributed by atoms with Crippen LogP contribution in [0.25, 0.3) is 0 Å². The number of carbonyl (C=O) groups is 1. The van der Waals surface area contributed by atoms with Crippen LogP contribution in [-0.4, -0.2) is 18.9 Å². The van der Waals surface area contributed by atoms with Gasteiger partial charge < -0.3 is 5.11 Å². The van der Waals surface area contributed by atoms with Crippen molar-refractivity contribution in [2.24, 2.45) is 0 Å². The largest absolute Gasteiger partial charge is 0.478 e. The lowest BCUT2D eigenvalue weighted by molar-refractivity contribution is -0.132. The van der Waals surface area contributed by atoms with Gasteiger partial charge in [-0.15, -0.1) is 5.98 Å². The summed E-state index contributed by atoms with van der Waals surface area (Å²) in [7, 11) is 5.26. The standard InChI is InChI=1S/C9H7BO2/c10-6-7-2-1-3-8(5-4-7)9(11)12/h1-6H,(H,11,12)/b7-6+. The number of hydrogen-bond acceptors (Lipinski definition) is 1. The van der Waals surface area contributed by atoms with Gasteiger partial charge in [0, 0.05) is 0 Å². The van der Waals surface area contributed by atoms with E-state index in [0.29, 0.717) is 0 Å². The molecule has 12 heavy (non-hydrogen) atoms. The minimum Gasteiger partial charge on any atom is -0.478 e. The fraction of sp³-hybridized carbons (Fsp3) is 0. The highest BCUT2D eigenvalue weighted by atomic mass is 16.4. The van der Waals surface area contributed by atoms with E-state index in [9.17, 15) is 4.79 Å². The van der Waals surface area contributed by atoms with Gasteiger partial charge in [-0.1, -0.05) is 18.2 Å². The van der Waals surface area contributed by atoms with E-state index in [1.807, 2.05) is 0 Å². The molecule has 0 unspecified atom stereocenters. The molecule has 0 heterocycles. The summed E-state index contributed by atoms with van der Waals surface area (Å²) in [5.74, 6) is 0.486. The number of allylic oxidation sites excluding steroid dienone is 5. The Bertz CT molecular complexity index is 308. The van der Waals surface area contributed by atoms with Gasteiger partial charge in [-0.25, -0.2) is 4.79 Å². The second-order valence-electron chi connectivity index (χ2n) is 2.29. The van der Waals surface area contributed by atoms with Crippen LogP contribution in [-0.2, 0) is 4.79 Å². The molecule has 0 aromatic heterocycles. The van der Waals surface area contributed by atoms with E-state index in [1.165, 1.54) is 18.1 Å². The van der Waals surface area contributed by atoms with E-state index in [-0.39, 0.29) is 5.57 Å². The van der Waals surface area contributed by atoms with Crippen molar-refractivity contribution in [1.82, 2.24) is 0 Å². The minimum absolute atomic E-state index is 0.253. The Morgan fingerprint density at radius 1 is 1.42 bits per heavy atom. The summed E-state index contributed by atoms with van der Waals surface area (Å²) in [6, 6.07) is 0. The van der Waals surface area contributed by atoms with Crippen LogP contribution in [0.4, 0.5) is 0 Å². The Kier molecular flexibility index (Phi) is 2.69. The summed E-state index contributed by atoms with van der Waals surface area (Å²) < 4.78 is 0. The molecule has 1 aliphatic carbocycles. The van der Waals surface area contributed by atoms with Crippen LogP contribution in [0.15, 0.2) is 47.5 Å². The maximum absolute atomic E-state index is 10.5. The van der Waals surface area contributed by atoms with Crippen LogP contribution in [0, 0.1) is 0 Å². The van der Waals surface area contributed by atoms with Gasteiger partial charge in [-0.2, -0.15) is 0 Å². The average molecular weight is 158 g/mol. The molecule has 2 nitrogen and oxygen atoms in total. The van der Waals surface area contributed by atoms with Crippen molar-refractivity contribution in [3.8, 4) is 0 Å². The molecule has 0 aromatic carbocycles. The van der Waals surface area contributed by atoms with Gasteiger partial charge in [0.25, 0.3) is 0 Å². The molecular formula is C9H7BO2. The van der Waals surface area contributed by atoms with Crippen molar-refractivity contribution >= 4 is 13.8 Å². The molecule has 0 bridgehead atoms. The Labute approximate surface area is 72.0 Å². The van der Waals surface area contributed by atoms with Crippen molar-refractivity contribution in [3.63, 3.8) is 0 Å². The summed E-state index contributed by atoms with van der Waals surface area (Å²) in [5.41, 5.74) is 1.05. The molecule has 0 aromatic rings. The SMILES string of the molecule is [B]/C=C1\C=CC=C(C(=O)O)C=C1. The van der Waals surface area contributed by atoms with E-state index in [1.54, 1.807) is 18.2 Å². The molecule has 0 spiro atoms. The summed E-state index contributed by atoms with van der Waals surface area (Å²) in [4.78, 5) is 10.5. The van der Waals surface area contributed by atoms with Gasteiger partial charge in [0.15, 0.2) is 0 Å². The lowest BCUT2D eigenvalue weighted by Crippen LogP contribution is -1.96. The molecule has 58 valence electrons. The first-order valence-corrected chi connectivity index (χ1v) is 3.45. The molecule has 0 saturated carbocycles. The third-order valence-corrected chi connectivity index (χ3v) is 1.46. The van der Waals surface area contributed by atoms with Crippen molar-refractivity contribution < 1.29 is 9.90 Å². The maximum Gasteiger partial charge on any atom is 0.335 e. The summed E-state index contributed by atoms with van der Waals surface area (Å²) in [5, 5.41) is 8.62. The summed E-state index contributed by atoms with van der Waals surface area (Å²) in [6.07, 6.45) is 8.09. The molecule has 2 radical (unpaired) electrons. The third kappa shape index (κ3) is 1.99. The Morgan fingerprint density at radius 3 is 2.75 bits per heavy atom. The first-order chi connectivity index (χ1) is 5.74. The number of carboxylic acid groups (broad SMARTS) is 1. The van der Waals surface area contributed by atoms with Gasteiger partial charge in [0.1, 0.15) is 7.85 Å². The molecule has 1 rings (SSSR count). The van der Waals surface area contributed by atoms with E-state index >= 15 is 0 Å². The number of rotatable bonds is 1.